The van der Waals surface area contributed by atoms with Crippen molar-refractivity contribution in [2.24, 2.45) is 0 Å². The molecule has 5 nitrogen and oxygen atoms in total. The molecule has 0 unspecified atom stereocenters. The number of aryl methyl sites for hydroxylation is 2. The van der Waals surface area contributed by atoms with Crippen LogP contribution in [-0.2, 0) is 25.9 Å². The second-order valence-electron chi connectivity index (χ2n) is 5.39. The van der Waals surface area contributed by atoms with Gasteiger partial charge in [-0.05, 0) is 49.1 Å². The van der Waals surface area contributed by atoms with E-state index < -0.39 is 0 Å². The average molecular weight is 286 g/mol. The molecule has 0 fully saturated rings. The van der Waals surface area contributed by atoms with E-state index >= 15 is 0 Å². The molecular weight excluding hydrogens is 264 g/mol. The lowest BCUT2D eigenvalue weighted by Gasteiger charge is -2.08. The van der Waals surface area contributed by atoms with Gasteiger partial charge in [0.15, 0.2) is 0 Å². The van der Waals surface area contributed by atoms with Crippen LogP contribution in [0.4, 0.5) is 0 Å². The Balaban J connectivity index is 1.48. The minimum absolute atomic E-state index is 0.614. The van der Waals surface area contributed by atoms with Crippen molar-refractivity contribution in [3.63, 3.8) is 0 Å². The number of aromatic nitrogens is 3. The van der Waals surface area contributed by atoms with Crippen molar-refractivity contribution in [1.82, 2.24) is 20.3 Å². The fourth-order valence-corrected chi connectivity index (χ4v) is 2.68. The molecule has 0 atom stereocenters. The largest absolute Gasteiger partial charge is 0.492 e. The molecule has 0 bridgehead atoms. The standard InChI is InChI=1S/C16H22N4O/c1-2-17-11-15-12-20(19-18-15)8-9-21-16-7-6-13-4-3-5-14(13)10-16/h6-7,10,12,17H,2-5,8-9,11H2,1H3. The van der Waals surface area contributed by atoms with E-state index in [2.05, 4.69) is 40.8 Å². The molecule has 0 radical (unpaired) electrons. The van der Waals surface area contributed by atoms with Gasteiger partial charge in [-0.1, -0.05) is 18.2 Å². The first kappa shape index (κ1) is 14.1. The van der Waals surface area contributed by atoms with Gasteiger partial charge in [-0.2, -0.15) is 0 Å². The lowest BCUT2D eigenvalue weighted by molar-refractivity contribution is 0.289. The van der Waals surface area contributed by atoms with Gasteiger partial charge in [0.1, 0.15) is 12.4 Å². The van der Waals surface area contributed by atoms with Gasteiger partial charge in [-0.3, -0.25) is 0 Å². The van der Waals surface area contributed by atoms with Gasteiger partial charge < -0.3 is 10.1 Å². The van der Waals surface area contributed by atoms with Gasteiger partial charge in [-0.25, -0.2) is 4.68 Å². The first-order chi connectivity index (χ1) is 10.3. The minimum Gasteiger partial charge on any atom is -0.492 e. The number of nitrogens with one attached hydrogen (secondary N) is 1. The number of fused-ring (bicyclic) bond motifs is 1. The molecule has 1 N–H and O–H groups in total. The van der Waals surface area contributed by atoms with Crippen LogP contribution in [-0.4, -0.2) is 28.1 Å². The SMILES string of the molecule is CCNCc1cn(CCOc2ccc3c(c2)CCC3)nn1. The van der Waals surface area contributed by atoms with Crippen LogP contribution in [0.1, 0.15) is 30.2 Å². The molecule has 1 aliphatic rings. The molecule has 0 spiro atoms. The second-order valence-corrected chi connectivity index (χ2v) is 5.39. The second kappa shape index (κ2) is 6.72. The summed E-state index contributed by atoms with van der Waals surface area (Å²) in [6.45, 7) is 5.12. The van der Waals surface area contributed by atoms with Crippen molar-refractivity contribution >= 4 is 0 Å². The Hall–Kier alpha value is -1.88. The number of benzene rings is 1. The summed E-state index contributed by atoms with van der Waals surface area (Å²) in [5.74, 6) is 0.962. The molecule has 0 saturated carbocycles. The zero-order chi connectivity index (χ0) is 14.5. The van der Waals surface area contributed by atoms with Crippen molar-refractivity contribution in [3.05, 3.63) is 41.2 Å². The minimum atomic E-state index is 0.614. The fourth-order valence-electron chi connectivity index (χ4n) is 2.68. The molecule has 0 saturated heterocycles. The van der Waals surface area contributed by atoms with E-state index in [4.69, 9.17) is 4.74 Å². The van der Waals surface area contributed by atoms with Gasteiger partial charge in [0.25, 0.3) is 0 Å². The Morgan fingerprint density at radius 1 is 1.29 bits per heavy atom. The Kier molecular flexibility index (Phi) is 4.50. The molecule has 0 aliphatic heterocycles. The summed E-state index contributed by atoms with van der Waals surface area (Å²) in [5, 5.41) is 11.5. The van der Waals surface area contributed by atoms with E-state index in [-0.39, 0.29) is 0 Å². The highest BCUT2D eigenvalue weighted by Gasteiger charge is 2.11. The summed E-state index contributed by atoms with van der Waals surface area (Å²) in [6.07, 6.45) is 5.63. The highest BCUT2D eigenvalue weighted by atomic mass is 16.5. The normalized spacial score (nSPS) is 13.4. The third kappa shape index (κ3) is 3.61. The van der Waals surface area contributed by atoms with E-state index in [0.29, 0.717) is 6.61 Å². The quantitative estimate of drug-likeness (QED) is 0.845. The van der Waals surface area contributed by atoms with Crippen LogP contribution >= 0.6 is 0 Å². The lowest BCUT2D eigenvalue weighted by atomic mass is 10.1. The number of rotatable bonds is 7. The first-order valence-electron chi connectivity index (χ1n) is 7.69. The molecule has 21 heavy (non-hydrogen) atoms. The summed E-state index contributed by atoms with van der Waals surface area (Å²) < 4.78 is 7.65. The monoisotopic (exact) mass is 286 g/mol. The Morgan fingerprint density at radius 3 is 3.10 bits per heavy atom. The highest BCUT2D eigenvalue weighted by molar-refractivity contribution is 5.38. The van der Waals surface area contributed by atoms with Crippen LogP contribution in [0.5, 0.6) is 5.75 Å². The topological polar surface area (TPSA) is 52.0 Å². The third-order valence-corrected chi connectivity index (χ3v) is 3.80. The van der Waals surface area contributed by atoms with E-state index in [1.807, 2.05) is 10.9 Å². The molecule has 3 rings (SSSR count). The number of hydrogen-bond donors (Lipinski definition) is 1. The van der Waals surface area contributed by atoms with Gasteiger partial charge in [-0.15, -0.1) is 5.10 Å². The van der Waals surface area contributed by atoms with E-state index in [1.165, 1.54) is 30.4 Å². The highest BCUT2D eigenvalue weighted by Crippen LogP contribution is 2.25. The lowest BCUT2D eigenvalue weighted by Crippen LogP contribution is -2.12. The molecule has 1 aromatic carbocycles. The third-order valence-electron chi connectivity index (χ3n) is 3.80. The number of nitrogens with zero attached hydrogens (tertiary/aromatic N) is 3. The summed E-state index contributed by atoms with van der Waals surface area (Å²) in [4.78, 5) is 0. The van der Waals surface area contributed by atoms with Crippen LogP contribution in [0, 0.1) is 0 Å². The predicted molar refractivity (Wildman–Crippen MR) is 81.4 cm³/mol. The molecule has 1 heterocycles. The Morgan fingerprint density at radius 2 is 2.19 bits per heavy atom. The van der Waals surface area contributed by atoms with Crippen LogP contribution in [0.2, 0.25) is 0 Å². The zero-order valence-corrected chi connectivity index (χ0v) is 12.5. The van der Waals surface area contributed by atoms with Crippen LogP contribution < -0.4 is 10.1 Å². The first-order valence-corrected chi connectivity index (χ1v) is 7.69. The number of hydrogen-bond acceptors (Lipinski definition) is 4. The summed E-state index contributed by atoms with van der Waals surface area (Å²) in [6, 6.07) is 6.45. The Labute approximate surface area is 125 Å². The Bertz CT molecular complexity index is 594. The smallest absolute Gasteiger partial charge is 0.119 e. The van der Waals surface area contributed by atoms with Crippen LogP contribution in [0.15, 0.2) is 24.4 Å². The maximum absolute atomic E-state index is 5.82. The van der Waals surface area contributed by atoms with Crippen molar-refractivity contribution in [2.75, 3.05) is 13.2 Å². The van der Waals surface area contributed by atoms with Gasteiger partial charge in [0.2, 0.25) is 0 Å². The molecular formula is C16H22N4O. The zero-order valence-electron chi connectivity index (χ0n) is 12.5. The maximum Gasteiger partial charge on any atom is 0.119 e. The van der Waals surface area contributed by atoms with Crippen molar-refractivity contribution in [2.45, 2.75) is 39.3 Å². The molecule has 112 valence electrons. The van der Waals surface area contributed by atoms with Crippen molar-refractivity contribution < 1.29 is 4.74 Å². The summed E-state index contributed by atoms with van der Waals surface area (Å²) in [5.41, 5.74) is 3.89. The number of ether oxygens (including phenoxy) is 1. The van der Waals surface area contributed by atoms with E-state index in [0.717, 1.165) is 31.1 Å². The van der Waals surface area contributed by atoms with Gasteiger partial charge in [0, 0.05) is 12.7 Å². The molecule has 0 amide bonds. The van der Waals surface area contributed by atoms with Crippen LogP contribution in [0.25, 0.3) is 0 Å². The average Bonchev–Trinajstić information content (AvgIpc) is 3.13. The molecule has 2 aromatic rings. The van der Waals surface area contributed by atoms with Crippen molar-refractivity contribution in [3.8, 4) is 5.75 Å². The predicted octanol–water partition coefficient (Wildman–Crippen LogP) is 1.96. The van der Waals surface area contributed by atoms with Gasteiger partial charge >= 0.3 is 0 Å². The van der Waals surface area contributed by atoms with E-state index in [1.54, 1.807) is 0 Å². The van der Waals surface area contributed by atoms with Crippen LogP contribution in [0.3, 0.4) is 0 Å². The van der Waals surface area contributed by atoms with E-state index in [9.17, 15) is 0 Å². The fraction of sp³-hybridized carbons (Fsp3) is 0.500. The molecule has 1 aromatic heterocycles. The molecule has 1 aliphatic carbocycles. The van der Waals surface area contributed by atoms with Crippen molar-refractivity contribution in [1.29, 1.82) is 0 Å². The summed E-state index contributed by atoms with van der Waals surface area (Å²) >= 11 is 0. The van der Waals surface area contributed by atoms with Gasteiger partial charge in [0.05, 0.1) is 12.2 Å². The summed E-state index contributed by atoms with van der Waals surface area (Å²) in [7, 11) is 0. The molecule has 5 heteroatoms. The maximum atomic E-state index is 5.82.